The number of ether oxygens (including phenoxy) is 3. The molecule has 1 heterocycles. The summed E-state index contributed by atoms with van der Waals surface area (Å²) < 4.78 is 17.2. The number of carbonyl (C=O) groups excluding carboxylic acids is 3. The average molecular weight is 669 g/mol. The van der Waals surface area contributed by atoms with Gasteiger partial charge in [-0.2, -0.15) is 0 Å². The number of carbonyl (C=O) groups is 3. The number of hydrogen-bond acceptors (Lipinski definition) is 9. The predicted octanol–water partition coefficient (Wildman–Crippen LogP) is 6.85. The highest BCUT2D eigenvalue weighted by Crippen LogP contribution is 2.30. The summed E-state index contributed by atoms with van der Waals surface area (Å²) in [4.78, 5) is 44.4. The second kappa shape index (κ2) is 15.8. The van der Waals surface area contributed by atoms with Crippen molar-refractivity contribution in [1.82, 2.24) is 10.3 Å². The van der Waals surface area contributed by atoms with Crippen LogP contribution in [-0.2, 0) is 9.59 Å². The first-order chi connectivity index (χ1) is 22.8. The van der Waals surface area contributed by atoms with Gasteiger partial charge in [-0.25, -0.2) is 4.98 Å². The van der Waals surface area contributed by atoms with Crippen molar-refractivity contribution in [3.8, 4) is 17.2 Å². The minimum absolute atomic E-state index is 0.0152. The molecule has 3 N–H and O–H groups in total. The molecule has 0 fully saturated rings. The maximum absolute atomic E-state index is 13.5. The van der Waals surface area contributed by atoms with Crippen molar-refractivity contribution in [3.05, 3.63) is 108 Å². The molecular weight excluding hydrogens is 637 g/mol. The van der Waals surface area contributed by atoms with Gasteiger partial charge in [0.2, 0.25) is 5.91 Å². The molecule has 5 aromatic rings. The number of thiazole rings is 1. The van der Waals surface area contributed by atoms with E-state index in [1.807, 2.05) is 25.1 Å². The van der Waals surface area contributed by atoms with Gasteiger partial charge in [0.05, 0.1) is 36.8 Å². The summed E-state index contributed by atoms with van der Waals surface area (Å²) in [7, 11) is 3.06. The molecule has 240 valence electrons. The van der Waals surface area contributed by atoms with Crippen LogP contribution in [-0.4, -0.2) is 49.3 Å². The molecule has 4 aromatic carbocycles. The van der Waals surface area contributed by atoms with Gasteiger partial charge in [0.1, 0.15) is 22.9 Å². The van der Waals surface area contributed by atoms with E-state index in [1.165, 1.54) is 30.2 Å². The minimum Gasteiger partial charge on any atom is -0.497 e. The summed E-state index contributed by atoms with van der Waals surface area (Å²) in [6, 6.07) is 26.5. The van der Waals surface area contributed by atoms with Crippen molar-refractivity contribution in [2.45, 2.75) is 11.8 Å². The largest absolute Gasteiger partial charge is 0.497 e. The molecule has 0 aliphatic heterocycles. The number of nitrogens with zero attached hydrogens (tertiary/aromatic N) is 1. The van der Waals surface area contributed by atoms with E-state index < -0.39 is 11.8 Å². The lowest BCUT2D eigenvalue weighted by Gasteiger charge is -2.13. The Bertz CT molecular complexity index is 1910. The lowest BCUT2D eigenvalue weighted by Crippen LogP contribution is -2.30. The average Bonchev–Trinajstić information content (AvgIpc) is 3.49. The van der Waals surface area contributed by atoms with Gasteiger partial charge >= 0.3 is 0 Å². The summed E-state index contributed by atoms with van der Waals surface area (Å²) >= 11 is 2.74. The lowest BCUT2D eigenvalue weighted by molar-refractivity contribution is -0.114. The summed E-state index contributed by atoms with van der Waals surface area (Å²) in [5.74, 6) is 0.831. The number of amides is 3. The van der Waals surface area contributed by atoms with Crippen molar-refractivity contribution in [2.75, 3.05) is 37.2 Å². The van der Waals surface area contributed by atoms with Gasteiger partial charge in [0.15, 0.2) is 5.13 Å². The number of rotatable bonds is 13. The molecule has 0 atom stereocenters. The molecule has 10 nitrogen and oxygen atoms in total. The molecule has 1 aromatic heterocycles. The maximum Gasteiger partial charge on any atom is 0.272 e. The van der Waals surface area contributed by atoms with Crippen LogP contribution in [0.2, 0.25) is 0 Å². The number of hydrogen-bond donors (Lipinski definition) is 3. The Kier molecular flexibility index (Phi) is 11.1. The molecular formula is C35H32N4O6S2. The Morgan fingerprint density at radius 2 is 1.64 bits per heavy atom. The third-order valence-electron chi connectivity index (χ3n) is 6.67. The van der Waals surface area contributed by atoms with Gasteiger partial charge in [0.25, 0.3) is 11.8 Å². The van der Waals surface area contributed by atoms with Crippen molar-refractivity contribution >= 4 is 67.9 Å². The zero-order valence-corrected chi connectivity index (χ0v) is 27.5. The fraction of sp³-hybridized carbons (Fsp3) is 0.143. The number of fused-ring (bicyclic) bond motifs is 1. The summed E-state index contributed by atoms with van der Waals surface area (Å²) in [6.07, 6.45) is 1.54. The molecule has 47 heavy (non-hydrogen) atoms. The van der Waals surface area contributed by atoms with Crippen LogP contribution in [0, 0.1) is 0 Å². The fourth-order valence-electron chi connectivity index (χ4n) is 4.39. The Morgan fingerprint density at radius 1 is 0.872 bits per heavy atom. The van der Waals surface area contributed by atoms with Gasteiger partial charge in [-0.3, -0.25) is 14.4 Å². The minimum atomic E-state index is -0.531. The zero-order valence-electron chi connectivity index (χ0n) is 25.9. The molecule has 0 bridgehead atoms. The Labute approximate surface area is 280 Å². The number of aromatic nitrogens is 1. The highest BCUT2D eigenvalue weighted by atomic mass is 32.2. The Balaban J connectivity index is 1.23. The van der Waals surface area contributed by atoms with Gasteiger partial charge in [-0.15, -0.1) is 11.8 Å². The van der Waals surface area contributed by atoms with Crippen LogP contribution >= 0.6 is 23.1 Å². The molecule has 12 heteroatoms. The van der Waals surface area contributed by atoms with Gasteiger partial charge in [-0.05, 0) is 79.7 Å². The van der Waals surface area contributed by atoms with E-state index in [1.54, 1.807) is 86.0 Å². The highest BCUT2D eigenvalue weighted by Gasteiger charge is 2.17. The molecule has 0 saturated carbocycles. The predicted molar refractivity (Wildman–Crippen MR) is 187 cm³/mol. The van der Waals surface area contributed by atoms with E-state index in [2.05, 4.69) is 20.9 Å². The van der Waals surface area contributed by atoms with Gasteiger partial charge in [-0.1, -0.05) is 29.5 Å². The number of nitrogens with one attached hydrogen (secondary N) is 3. The van der Waals surface area contributed by atoms with Crippen LogP contribution in [0.25, 0.3) is 16.3 Å². The van der Waals surface area contributed by atoms with Gasteiger partial charge < -0.3 is 30.2 Å². The van der Waals surface area contributed by atoms with E-state index in [9.17, 15) is 14.4 Å². The van der Waals surface area contributed by atoms with Crippen LogP contribution in [0.1, 0.15) is 22.8 Å². The molecule has 0 saturated heterocycles. The SMILES string of the molecule is CCOc1ccc2nc(NC(=O)CSc3ccc(NC(=O)/C(=C/c4ccc(OC)cc4OC)NC(=O)c4ccccc4)cc3)sc2c1. The highest BCUT2D eigenvalue weighted by molar-refractivity contribution is 8.00. The van der Waals surface area contributed by atoms with Crippen molar-refractivity contribution in [3.63, 3.8) is 0 Å². The quantitative estimate of drug-likeness (QED) is 0.0918. The van der Waals surface area contributed by atoms with E-state index >= 15 is 0 Å². The number of thioether (sulfide) groups is 1. The molecule has 0 aliphatic rings. The molecule has 0 aliphatic carbocycles. The normalized spacial score (nSPS) is 11.1. The lowest BCUT2D eigenvalue weighted by atomic mass is 10.1. The fourth-order valence-corrected chi connectivity index (χ4v) is 6.00. The summed E-state index contributed by atoms with van der Waals surface area (Å²) in [5, 5.41) is 8.94. The first-order valence-corrected chi connectivity index (χ1v) is 16.3. The zero-order chi connectivity index (χ0) is 33.2. The number of anilines is 2. The monoisotopic (exact) mass is 668 g/mol. The summed E-state index contributed by atoms with van der Waals surface area (Å²) in [5.41, 5.74) is 2.28. The van der Waals surface area contributed by atoms with Gasteiger partial charge in [0, 0.05) is 27.8 Å². The van der Waals surface area contributed by atoms with E-state index in [4.69, 9.17) is 14.2 Å². The third-order valence-corrected chi connectivity index (χ3v) is 8.61. The van der Waals surface area contributed by atoms with Crippen LogP contribution in [0.4, 0.5) is 10.8 Å². The van der Waals surface area contributed by atoms with Crippen LogP contribution in [0.15, 0.2) is 102 Å². The van der Waals surface area contributed by atoms with Crippen LogP contribution < -0.4 is 30.2 Å². The second-order valence-corrected chi connectivity index (χ2v) is 12.0. The first kappa shape index (κ1) is 33.0. The number of methoxy groups -OCH3 is 2. The van der Waals surface area contributed by atoms with E-state index in [0.29, 0.717) is 40.1 Å². The standard InChI is InChI=1S/C35H32N4O6S2/c1-4-45-26-14-17-28-31(20-26)47-35(38-28)39-32(40)21-46-27-15-11-24(12-16-27)36-34(42)29(37-33(41)22-8-6-5-7-9-22)18-23-10-13-25(43-2)19-30(23)44-3/h5-20H,4,21H2,1-3H3,(H,36,42)(H,37,41)(H,38,39,40)/b29-18-. The van der Waals surface area contributed by atoms with Crippen molar-refractivity contribution < 1.29 is 28.6 Å². The smallest absolute Gasteiger partial charge is 0.272 e. The third kappa shape index (κ3) is 8.90. The topological polar surface area (TPSA) is 128 Å². The summed E-state index contributed by atoms with van der Waals surface area (Å²) in [6.45, 7) is 2.50. The van der Waals surface area contributed by atoms with Crippen LogP contribution in [0.5, 0.6) is 17.2 Å². The molecule has 3 amide bonds. The Morgan fingerprint density at radius 3 is 2.36 bits per heavy atom. The molecule has 5 rings (SSSR count). The van der Waals surface area contributed by atoms with E-state index in [-0.39, 0.29) is 17.4 Å². The Hall–Kier alpha value is -5.33. The second-order valence-electron chi connectivity index (χ2n) is 9.88. The molecule has 0 spiro atoms. The molecule has 0 radical (unpaired) electrons. The van der Waals surface area contributed by atoms with E-state index in [0.717, 1.165) is 20.9 Å². The van der Waals surface area contributed by atoms with Crippen molar-refractivity contribution in [1.29, 1.82) is 0 Å². The first-order valence-electron chi connectivity index (χ1n) is 14.5. The number of benzene rings is 4. The maximum atomic E-state index is 13.5. The van der Waals surface area contributed by atoms with Crippen LogP contribution in [0.3, 0.4) is 0 Å². The van der Waals surface area contributed by atoms with Crippen molar-refractivity contribution in [2.24, 2.45) is 0 Å². The molecule has 0 unspecified atom stereocenters.